The Hall–Kier alpha value is -1.16. The second kappa shape index (κ2) is 3.06. The summed E-state index contributed by atoms with van der Waals surface area (Å²) in [7, 11) is 0. The van der Waals surface area contributed by atoms with E-state index in [1.165, 1.54) is 0 Å². The van der Waals surface area contributed by atoms with Crippen LogP contribution in [0.2, 0.25) is 0 Å². The molecule has 0 amide bonds. The van der Waals surface area contributed by atoms with E-state index < -0.39 is 0 Å². The highest BCUT2D eigenvalue weighted by molar-refractivity contribution is 9.10. The summed E-state index contributed by atoms with van der Waals surface area (Å²) >= 11 is 3.28. The zero-order valence-corrected chi connectivity index (χ0v) is 7.77. The zero-order chi connectivity index (χ0) is 8.39. The number of pyridine rings is 1. The van der Waals surface area contributed by atoms with Crippen LogP contribution in [0.3, 0.4) is 0 Å². The van der Waals surface area contributed by atoms with Gasteiger partial charge in [-0.2, -0.15) is 5.10 Å². The second-order valence-corrected chi connectivity index (χ2v) is 3.10. The van der Waals surface area contributed by atoms with Crippen LogP contribution in [0.15, 0.2) is 41.4 Å². The third kappa shape index (κ3) is 1.38. The maximum atomic E-state index is 4.19. The zero-order valence-electron chi connectivity index (χ0n) is 6.18. The first-order valence-electron chi connectivity index (χ1n) is 3.48. The molecule has 0 bridgehead atoms. The highest BCUT2D eigenvalue weighted by Crippen LogP contribution is 2.09. The summed E-state index contributed by atoms with van der Waals surface area (Å²) in [4.78, 5) is 3.92. The molecular formula is C8H6BrN3. The summed E-state index contributed by atoms with van der Waals surface area (Å²) in [5.74, 6) is 0. The van der Waals surface area contributed by atoms with E-state index in [0.29, 0.717) is 0 Å². The summed E-state index contributed by atoms with van der Waals surface area (Å²) < 4.78 is 2.62. The van der Waals surface area contributed by atoms with Gasteiger partial charge in [-0.1, -0.05) is 0 Å². The Kier molecular flexibility index (Phi) is 1.91. The minimum atomic E-state index is 0.833. The van der Waals surface area contributed by atoms with Crippen molar-refractivity contribution in [3.8, 4) is 5.69 Å². The minimum Gasteiger partial charge on any atom is -0.265 e. The topological polar surface area (TPSA) is 30.7 Å². The molecule has 0 aliphatic carbocycles. The summed E-state index contributed by atoms with van der Waals surface area (Å²) in [6.07, 6.45) is 5.37. The van der Waals surface area contributed by atoms with Crippen molar-refractivity contribution in [2.45, 2.75) is 0 Å². The first-order chi connectivity index (χ1) is 5.86. The fourth-order valence-electron chi connectivity index (χ4n) is 0.942. The summed E-state index contributed by atoms with van der Waals surface area (Å²) in [6, 6.07) is 5.69. The molecule has 0 aromatic carbocycles. The molecule has 0 aliphatic rings. The molecular weight excluding hydrogens is 218 g/mol. The predicted octanol–water partition coefficient (Wildman–Crippen LogP) is 2.03. The third-order valence-corrected chi connectivity index (χ3v) is 1.91. The molecule has 0 spiro atoms. The maximum Gasteiger partial charge on any atom is 0.128 e. The van der Waals surface area contributed by atoms with E-state index in [4.69, 9.17) is 0 Å². The van der Waals surface area contributed by atoms with Crippen molar-refractivity contribution < 1.29 is 0 Å². The molecule has 2 heterocycles. The number of hydrogen-bond acceptors (Lipinski definition) is 2. The van der Waals surface area contributed by atoms with E-state index in [-0.39, 0.29) is 0 Å². The van der Waals surface area contributed by atoms with Crippen LogP contribution >= 0.6 is 15.9 Å². The minimum absolute atomic E-state index is 0.833. The van der Waals surface area contributed by atoms with E-state index in [2.05, 4.69) is 26.0 Å². The lowest BCUT2D eigenvalue weighted by atomic mass is 10.4. The van der Waals surface area contributed by atoms with Crippen molar-refractivity contribution in [3.05, 3.63) is 41.4 Å². The number of nitrogens with zero attached hydrogens (tertiary/aromatic N) is 3. The Morgan fingerprint density at radius 2 is 1.92 bits per heavy atom. The fraction of sp³-hybridized carbons (Fsp3) is 0. The quantitative estimate of drug-likeness (QED) is 0.741. The van der Waals surface area contributed by atoms with Gasteiger partial charge in [-0.3, -0.25) is 4.98 Å². The van der Waals surface area contributed by atoms with Gasteiger partial charge < -0.3 is 0 Å². The smallest absolute Gasteiger partial charge is 0.128 e. The van der Waals surface area contributed by atoms with Gasteiger partial charge in [0, 0.05) is 18.6 Å². The highest BCUT2D eigenvalue weighted by Gasteiger charge is 1.96. The fourth-order valence-corrected chi connectivity index (χ4v) is 1.23. The van der Waals surface area contributed by atoms with Gasteiger partial charge in [0.1, 0.15) is 4.60 Å². The van der Waals surface area contributed by atoms with E-state index in [9.17, 15) is 0 Å². The Morgan fingerprint density at radius 1 is 1.17 bits per heavy atom. The summed E-state index contributed by atoms with van der Waals surface area (Å²) in [5, 5.41) is 4.19. The van der Waals surface area contributed by atoms with Gasteiger partial charge in [0.2, 0.25) is 0 Å². The maximum absolute atomic E-state index is 4.19. The SMILES string of the molecule is Brc1ccn(-c2ccncc2)n1. The Balaban J connectivity index is 2.45. The molecule has 4 heteroatoms. The third-order valence-electron chi connectivity index (χ3n) is 1.48. The lowest BCUT2D eigenvalue weighted by molar-refractivity contribution is 0.868. The van der Waals surface area contributed by atoms with Crippen molar-refractivity contribution in [1.82, 2.24) is 14.8 Å². The number of hydrogen-bond donors (Lipinski definition) is 0. The van der Waals surface area contributed by atoms with E-state index in [1.807, 2.05) is 24.4 Å². The molecule has 2 aromatic rings. The van der Waals surface area contributed by atoms with Crippen LogP contribution in [-0.4, -0.2) is 14.8 Å². The normalized spacial score (nSPS) is 10.1. The first-order valence-corrected chi connectivity index (χ1v) is 4.27. The van der Waals surface area contributed by atoms with Gasteiger partial charge in [0.05, 0.1) is 5.69 Å². The Bertz CT molecular complexity index is 369. The Labute approximate surface area is 78.2 Å². The number of rotatable bonds is 1. The first kappa shape index (κ1) is 7.49. The molecule has 0 saturated heterocycles. The molecule has 0 fully saturated rings. The second-order valence-electron chi connectivity index (χ2n) is 2.29. The van der Waals surface area contributed by atoms with Crippen molar-refractivity contribution >= 4 is 15.9 Å². The summed E-state index contributed by atoms with van der Waals surface area (Å²) in [5.41, 5.74) is 1.01. The van der Waals surface area contributed by atoms with Crippen LogP contribution in [0.1, 0.15) is 0 Å². The van der Waals surface area contributed by atoms with Crippen LogP contribution in [-0.2, 0) is 0 Å². The van der Waals surface area contributed by atoms with E-state index in [0.717, 1.165) is 10.3 Å². The van der Waals surface area contributed by atoms with Crippen LogP contribution in [0.4, 0.5) is 0 Å². The molecule has 12 heavy (non-hydrogen) atoms. The summed E-state index contributed by atoms with van der Waals surface area (Å²) in [6.45, 7) is 0. The van der Waals surface area contributed by atoms with Crippen LogP contribution in [0.25, 0.3) is 5.69 Å². The van der Waals surface area contributed by atoms with Crippen molar-refractivity contribution in [1.29, 1.82) is 0 Å². The molecule has 0 aliphatic heterocycles. The van der Waals surface area contributed by atoms with Gasteiger partial charge in [-0.25, -0.2) is 4.68 Å². The van der Waals surface area contributed by atoms with Crippen LogP contribution in [0.5, 0.6) is 0 Å². The van der Waals surface area contributed by atoms with E-state index >= 15 is 0 Å². The van der Waals surface area contributed by atoms with Crippen LogP contribution < -0.4 is 0 Å². The lowest BCUT2D eigenvalue weighted by Gasteiger charge is -1.97. The molecule has 0 radical (unpaired) electrons. The van der Waals surface area contributed by atoms with Crippen LogP contribution in [0, 0.1) is 0 Å². The molecule has 0 unspecified atom stereocenters. The molecule has 60 valence electrons. The van der Waals surface area contributed by atoms with Gasteiger partial charge in [-0.15, -0.1) is 0 Å². The standard InChI is InChI=1S/C8H6BrN3/c9-8-3-6-12(11-8)7-1-4-10-5-2-7/h1-6H. The van der Waals surface area contributed by atoms with Crippen molar-refractivity contribution in [2.75, 3.05) is 0 Å². The average molecular weight is 224 g/mol. The van der Waals surface area contributed by atoms with Gasteiger partial charge >= 0.3 is 0 Å². The molecule has 0 N–H and O–H groups in total. The van der Waals surface area contributed by atoms with Gasteiger partial charge in [-0.05, 0) is 34.1 Å². The Morgan fingerprint density at radius 3 is 2.50 bits per heavy atom. The van der Waals surface area contributed by atoms with E-state index in [1.54, 1.807) is 17.1 Å². The average Bonchev–Trinajstić information content (AvgIpc) is 2.54. The molecule has 0 saturated carbocycles. The predicted molar refractivity (Wildman–Crippen MR) is 49.1 cm³/mol. The van der Waals surface area contributed by atoms with Crippen molar-refractivity contribution in [2.24, 2.45) is 0 Å². The number of aromatic nitrogens is 3. The molecule has 2 aromatic heterocycles. The molecule has 3 nitrogen and oxygen atoms in total. The number of halogens is 1. The monoisotopic (exact) mass is 223 g/mol. The van der Waals surface area contributed by atoms with Gasteiger partial charge in [0.15, 0.2) is 0 Å². The molecule has 0 atom stereocenters. The van der Waals surface area contributed by atoms with Gasteiger partial charge in [0.25, 0.3) is 0 Å². The van der Waals surface area contributed by atoms with Crippen molar-refractivity contribution in [3.63, 3.8) is 0 Å². The molecule has 2 rings (SSSR count). The highest BCUT2D eigenvalue weighted by atomic mass is 79.9. The largest absolute Gasteiger partial charge is 0.265 e. The lowest BCUT2D eigenvalue weighted by Crippen LogP contribution is -1.93.